The van der Waals surface area contributed by atoms with Crippen molar-refractivity contribution < 1.29 is 5.11 Å². The smallest absolute Gasteiger partial charge is 0.212 e. The van der Waals surface area contributed by atoms with Crippen molar-refractivity contribution in [3.8, 4) is 5.13 Å². The van der Waals surface area contributed by atoms with Gasteiger partial charge in [0.15, 0.2) is 0 Å². The van der Waals surface area contributed by atoms with E-state index in [1.807, 2.05) is 29.7 Å². The van der Waals surface area contributed by atoms with Crippen molar-refractivity contribution in [2.45, 2.75) is 13.5 Å². The summed E-state index contributed by atoms with van der Waals surface area (Å²) in [4.78, 5) is 4.22. The van der Waals surface area contributed by atoms with Crippen LogP contribution < -0.4 is 0 Å². The molecule has 0 radical (unpaired) electrons. The van der Waals surface area contributed by atoms with Crippen molar-refractivity contribution in [2.75, 3.05) is 0 Å². The second-order valence-electron chi connectivity index (χ2n) is 4.55. The summed E-state index contributed by atoms with van der Waals surface area (Å²) in [6.45, 7) is 1.90. The first-order chi connectivity index (χ1) is 10.3. The van der Waals surface area contributed by atoms with Crippen LogP contribution in [0.25, 0.3) is 17.3 Å². The van der Waals surface area contributed by atoms with Crippen LogP contribution in [0.4, 0.5) is 0 Å². The zero-order chi connectivity index (χ0) is 14.7. The molecule has 5 nitrogen and oxygen atoms in total. The third-order valence-corrected chi connectivity index (χ3v) is 3.79. The van der Waals surface area contributed by atoms with Gasteiger partial charge in [-0.2, -0.15) is 4.68 Å². The highest BCUT2D eigenvalue weighted by atomic mass is 32.1. The van der Waals surface area contributed by atoms with E-state index < -0.39 is 0 Å². The molecule has 0 unspecified atom stereocenters. The molecule has 1 N–H and O–H groups in total. The third-order valence-electron chi connectivity index (χ3n) is 3.04. The monoisotopic (exact) mass is 298 g/mol. The molecule has 0 saturated heterocycles. The summed E-state index contributed by atoms with van der Waals surface area (Å²) in [6.07, 6.45) is 5.59. The molecule has 21 heavy (non-hydrogen) atoms. The molecule has 0 aliphatic carbocycles. The summed E-state index contributed by atoms with van der Waals surface area (Å²) >= 11 is 1.47. The van der Waals surface area contributed by atoms with Crippen molar-refractivity contribution >= 4 is 23.5 Å². The van der Waals surface area contributed by atoms with Crippen LogP contribution in [0.2, 0.25) is 0 Å². The normalized spacial score (nSPS) is 11.3. The van der Waals surface area contributed by atoms with Crippen LogP contribution in [0.5, 0.6) is 0 Å². The minimum absolute atomic E-state index is 0.154. The van der Waals surface area contributed by atoms with Gasteiger partial charge >= 0.3 is 0 Å². The van der Waals surface area contributed by atoms with Gasteiger partial charge in [-0.25, -0.2) is 4.98 Å². The first kappa shape index (κ1) is 13.7. The first-order valence-electron chi connectivity index (χ1n) is 6.48. The van der Waals surface area contributed by atoms with Crippen molar-refractivity contribution in [2.24, 2.45) is 0 Å². The molecule has 2 heterocycles. The Balaban J connectivity index is 1.97. The maximum atomic E-state index is 9.40. The zero-order valence-electron chi connectivity index (χ0n) is 11.5. The molecule has 3 rings (SSSR count). The predicted molar refractivity (Wildman–Crippen MR) is 83.1 cm³/mol. The van der Waals surface area contributed by atoms with E-state index >= 15 is 0 Å². The molecule has 0 spiro atoms. The number of hydrogen-bond acceptors (Lipinski definition) is 5. The summed E-state index contributed by atoms with van der Waals surface area (Å²) < 4.78 is 1.64. The number of nitrogens with zero attached hydrogens (tertiary/aromatic N) is 4. The fourth-order valence-corrected chi connectivity index (χ4v) is 2.51. The lowest BCUT2D eigenvalue weighted by atomic mass is 10.1. The molecule has 0 fully saturated rings. The van der Waals surface area contributed by atoms with Crippen molar-refractivity contribution in [1.29, 1.82) is 0 Å². The fraction of sp³-hybridized carbons (Fsp3) is 0.133. The van der Waals surface area contributed by atoms with Gasteiger partial charge in [0.25, 0.3) is 0 Å². The molecular formula is C15H14N4OS. The maximum absolute atomic E-state index is 9.40. The van der Waals surface area contributed by atoms with Gasteiger partial charge in [-0.3, -0.25) is 0 Å². The van der Waals surface area contributed by atoms with E-state index in [2.05, 4.69) is 34.4 Å². The van der Waals surface area contributed by atoms with Gasteiger partial charge < -0.3 is 5.11 Å². The van der Waals surface area contributed by atoms with Crippen molar-refractivity contribution in [3.63, 3.8) is 0 Å². The lowest BCUT2D eigenvalue weighted by Gasteiger charge is -2.00. The van der Waals surface area contributed by atoms with E-state index in [-0.39, 0.29) is 6.61 Å². The average Bonchev–Trinajstić information content (AvgIpc) is 3.15. The molecule has 106 valence electrons. The zero-order valence-corrected chi connectivity index (χ0v) is 12.3. The van der Waals surface area contributed by atoms with Gasteiger partial charge in [0.1, 0.15) is 5.69 Å². The predicted octanol–water partition coefficient (Wildman–Crippen LogP) is 2.69. The molecule has 0 amide bonds. The number of aliphatic hydroxyl groups excluding tert-OH is 1. The van der Waals surface area contributed by atoms with Crippen LogP contribution in [0, 0.1) is 6.92 Å². The average molecular weight is 298 g/mol. The summed E-state index contributed by atoms with van der Waals surface area (Å²) in [5.41, 5.74) is 3.58. The lowest BCUT2D eigenvalue weighted by Crippen LogP contribution is -1.99. The Labute approximate surface area is 126 Å². The van der Waals surface area contributed by atoms with Gasteiger partial charge in [0.2, 0.25) is 5.13 Å². The van der Waals surface area contributed by atoms with E-state index in [4.69, 9.17) is 0 Å². The number of rotatable bonds is 4. The van der Waals surface area contributed by atoms with Gasteiger partial charge in [0, 0.05) is 11.6 Å². The molecule has 1 aromatic carbocycles. The molecule has 3 aromatic rings. The Morgan fingerprint density at radius 1 is 1.24 bits per heavy atom. The highest BCUT2D eigenvalue weighted by Gasteiger charge is 2.12. The number of hydrogen-bond donors (Lipinski definition) is 1. The van der Waals surface area contributed by atoms with Crippen LogP contribution >= 0.6 is 11.3 Å². The fourth-order valence-electron chi connectivity index (χ4n) is 1.91. The Morgan fingerprint density at radius 2 is 2.05 bits per heavy atom. The van der Waals surface area contributed by atoms with Crippen LogP contribution in [0.3, 0.4) is 0 Å². The van der Waals surface area contributed by atoms with E-state index in [1.54, 1.807) is 10.9 Å². The number of aryl methyl sites for hydroxylation is 1. The summed E-state index contributed by atoms with van der Waals surface area (Å²) in [7, 11) is 0. The molecule has 0 saturated carbocycles. The number of aromatic nitrogens is 4. The minimum Gasteiger partial charge on any atom is -0.390 e. The number of aliphatic hydroxyl groups is 1. The second kappa shape index (κ2) is 5.99. The van der Waals surface area contributed by atoms with E-state index in [9.17, 15) is 5.11 Å². The standard InChI is InChI=1S/C15H14N4OS/c1-11-2-4-12(5-3-11)6-7-14-13(10-20)17-18-19(14)15-16-8-9-21-15/h2-9,20H,10H2,1H3/b7-6+. The van der Waals surface area contributed by atoms with Gasteiger partial charge in [-0.1, -0.05) is 41.1 Å². The maximum Gasteiger partial charge on any atom is 0.212 e. The van der Waals surface area contributed by atoms with Crippen LogP contribution in [-0.2, 0) is 6.61 Å². The highest BCUT2D eigenvalue weighted by Crippen LogP contribution is 2.18. The summed E-state index contributed by atoms with van der Waals surface area (Å²) in [5, 5.41) is 20.1. The van der Waals surface area contributed by atoms with Gasteiger partial charge in [-0.15, -0.1) is 16.4 Å². The van der Waals surface area contributed by atoms with E-state index in [0.29, 0.717) is 5.69 Å². The van der Waals surface area contributed by atoms with Gasteiger partial charge in [-0.05, 0) is 18.6 Å². The SMILES string of the molecule is Cc1ccc(/C=C/c2c(CO)nnn2-c2nccs2)cc1. The highest BCUT2D eigenvalue weighted by molar-refractivity contribution is 7.12. The molecule has 0 aliphatic rings. The van der Waals surface area contributed by atoms with Crippen LogP contribution in [-0.4, -0.2) is 25.1 Å². The molecule has 6 heteroatoms. The summed E-state index contributed by atoms with van der Waals surface area (Å²) in [6, 6.07) is 8.20. The largest absolute Gasteiger partial charge is 0.390 e. The molecule has 2 aromatic heterocycles. The quantitative estimate of drug-likeness (QED) is 0.804. The first-order valence-corrected chi connectivity index (χ1v) is 7.36. The lowest BCUT2D eigenvalue weighted by molar-refractivity contribution is 0.276. The Morgan fingerprint density at radius 3 is 2.71 bits per heavy atom. The Hall–Kier alpha value is -2.31. The Bertz CT molecular complexity index is 745. The topological polar surface area (TPSA) is 63.8 Å². The van der Waals surface area contributed by atoms with Crippen molar-refractivity contribution in [3.05, 3.63) is 58.4 Å². The van der Waals surface area contributed by atoms with Crippen LogP contribution in [0.1, 0.15) is 22.5 Å². The second-order valence-corrected chi connectivity index (χ2v) is 5.42. The van der Waals surface area contributed by atoms with E-state index in [0.717, 1.165) is 16.4 Å². The Kier molecular flexibility index (Phi) is 3.89. The van der Waals surface area contributed by atoms with Crippen molar-refractivity contribution in [1.82, 2.24) is 20.0 Å². The molecule has 0 bridgehead atoms. The summed E-state index contributed by atoms with van der Waals surface area (Å²) in [5.74, 6) is 0. The van der Waals surface area contributed by atoms with Gasteiger partial charge in [0.05, 0.1) is 12.3 Å². The molecule has 0 atom stereocenters. The van der Waals surface area contributed by atoms with E-state index in [1.165, 1.54) is 16.9 Å². The minimum atomic E-state index is -0.154. The number of benzene rings is 1. The molecule has 0 aliphatic heterocycles. The van der Waals surface area contributed by atoms with Crippen LogP contribution in [0.15, 0.2) is 35.8 Å². The third kappa shape index (κ3) is 2.91. The molecular weight excluding hydrogens is 284 g/mol. The number of thiazole rings is 1.